The number of anilines is 1. The molecule has 28 heavy (non-hydrogen) atoms. The van der Waals surface area contributed by atoms with Gasteiger partial charge in [0, 0.05) is 58.2 Å². The van der Waals surface area contributed by atoms with E-state index in [0.717, 1.165) is 44.2 Å². The van der Waals surface area contributed by atoms with Crippen LogP contribution in [-0.4, -0.2) is 50.8 Å². The van der Waals surface area contributed by atoms with E-state index in [0.29, 0.717) is 6.01 Å². The molecule has 1 saturated heterocycles. The quantitative estimate of drug-likeness (QED) is 0.669. The summed E-state index contributed by atoms with van der Waals surface area (Å²) >= 11 is 0. The maximum absolute atomic E-state index is 11.8. The third kappa shape index (κ3) is 4.34. The fraction of sp³-hybridized carbons (Fsp3) is 0.300. The highest BCUT2D eigenvalue weighted by atomic mass is 16.5. The first-order chi connectivity index (χ1) is 13.7. The topological polar surface area (TPSA) is 76.4 Å². The predicted octanol–water partition coefficient (Wildman–Crippen LogP) is 1.68. The Morgan fingerprint density at radius 2 is 1.82 bits per heavy atom. The molecule has 8 heteroatoms. The van der Waals surface area contributed by atoms with Gasteiger partial charge in [-0.25, -0.2) is 14.6 Å². The molecule has 0 bridgehead atoms. The Morgan fingerprint density at radius 3 is 2.57 bits per heavy atom. The summed E-state index contributed by atoms with van der Waals surface area (Å²) in [6.07, 6.45) is 5.07. The molecule has 3 aromatic rings. The second-order valence-corrected chi connectivity index (χ2v) is 6.72. The van der Waals surface area contributed by atoms with Crippen LogP contribution in [0.4, 0.5) is 5.69 Å². The maximum Gasteiger partial charge on any atom is 0.321 e. The molecular weight excluding hydrogens is 356 g/mol. The van der Waals surface area contributed by atoms with E-state index >= 15 is 0 Å². The summed E-state index contributed by atoms with van der Waals surface area (Å²) in [6, 6.07) is 11.7. The fourth-order valence-corrected chi connectivity index (χ4v) is 3.21. The van der Waals surface area contributed by atoms with Crippen LogP contribution >= 0.6 is 0 Å². The normalized spacial score (nSPS) is 14.8. The smallest absolute Gasteiger partial charge is 0.321 e. The SMILES string of the molecule is Cn1ncc(N2CCN(Cc3cccc(Oc4ncccn4)c3)CC2)cc1=O. The van der Waals surface area contributed by atoms with Gasteiger partial charge in [-0.15, -0.1) is 0 Å². The monoisotopic (exact) mass is 378 g/mol. The fourth-order valence-electron chi connectivity index (χ4n) is 3.21. The van der Waals surface area contributed by atoms with Gasteiger partial charge in [0.2, 0.25) is 0 Å². The van der Waals surface area contributed by atoms with E-state index < -0.39 is 0 Å². The molecule has 1 aromatic carbocycles. The van der Waals surface area contributed by atoms with Gasteiger partial charge in [-0.05, 0) is 23.8 Å². The van der Waals surface area contributed by atoms with E-state index in [9.17, 15) is 4.79 Å². The van der Waals surface area contributed by atoms with Crippen LogP contribution in [0.15, 0.2) is 59.8 Å². The van der Waals surface area contributed by atoms with Crippen LogP contribution in [0.5, 0.6) is 11.8 Å². The van der Waals surface area contributed by atoms with Crippen molar-refractivity contribution in [1.29, 1.82) is 0 Å². The highest BCUT2D eigenvalue weighted by Gasteiger charge is 2.18. The number of rotatable bonds is 5. The van der Waals surface area contributed by atoms with Crippen molar-refractivity contribution in [2.24, 2.45) is 7.05 Å². The molecule has 0 amide bonds. The number of hydrogen-bond acceptors (Lipinski definition) is 7. The summed E-state index contributed by atoms with van der Waals surface area (Å²) in [7, 11) is 1.66. The van der Waals surface area contributed by atoms with E-state index in [-0.39, 0.29) is 5.56 Å². The van der Waals surface area contributed by atoms with Gasteiger partial charge in [0.05, 0.1) is 11.9 Å². The lowest BCUT2D eigenvalue weighted by Crippen LogP contribution is -2.46. The van der Waals surface area contributed by atoms with Crippen molar-refractivity contribution in [3.05, 3.63) is 70.9 Å². The highest BCUT2D eigenvalue weighted by Crippen LogP contribution is 2.20. The minimum Gasteiger partial charge on any atom is -0.424 e. The van der Waals surface area contributed by atoms with Crippen LogP contribution in [0, 0.1) is 0 Å². The van der Waals surface area contributed by atoms with Crippen LogP contribution in [0.2, 0.25) is 0 Å². The van der Waals surface area contributed by atoms with Crippen LogP contribution < -0.4 is 15.2 Å². The first kappa shape index (κ1) is 18.1. The Balaban J connectivity index is 1.35. The summed E-state index contributed by atoms with van der Waals surface area (Å²) in [4.78, 5) is 24.6. The van der Waals surface area contributed by atoms with Crippen molar-refractivity contribution in [2.75, 3.05) is 31.1 Å². The first-order valence-corrected chi connectivity index (χ1v) is 9.22. The summed E-state index contributed by atoms with van der Waals surface area (Å²) in [6.45, 7) is 4.41. The highest BCUT2D eigenvalue weighted by molar-refractivity contribution is 5.43. The molecule has 0 saturated carbocycles. The van der Waals surface area contributed by atoms with Gasteiger partial charge in [0.1, 0.15) is 5.75 Å². The lowest BCUT2D eigenvalue weighted by Gasteiger charge is -2.35. The van der Waals surface area contributed by atoms with E-state index in [2.05, 4.69) is 30.9 Å². The lowest BCUT2D eigenvalue weighted by atomic mass is 10.2. The Kier molecular flexibility index (Phi) is 5.29. The van der Waals surface area contributed by atoms with Crippen molar-refractivity contribution >= 4 is 5.69 Å². The van der Waals surface area contributed by atoms with Gasteiger partial charge in [-0.1, -0.05) is 12.1 Å². The lowest BCUT2D eigenvalue weighted by molar-refractivity contribution is 0.249. The molecule has 0 spiro atoms. The standard InChI is InChI=1S/C20H22N6O2/c1-24-19(27)13-17(14-23-24)26-10-8-25(9-11-26)15-16-4-2-5-18(12-16)28-20-21-6-3-7-22-20/h2-7,12-14H,8-11,15H2,1H3. The summed E-state index contributed by atoms with van der Waals surface area (Å²) in [5.41, 5.74) is 1.98. The van der Waals surface area contributed by atoms with E-state index in [4.69, 9.17) is 4.74 Å². The van der Waals surface area contributed by atoms with Crippen molar-refractivity contribution in [2.45, 2.75) is 6.54 Å². The number of nitrogens with zero attached hydrogens (tertiary/aromatic N) is 6. The van der Waals surface area contributed by atoms with Gasteiger partial charge in [0.25, 0.3) is 5.56 Å². The summed E-state index contributed by atoms with van der Waals surface area (Å²) in [5, 5.41) is 4.11. The van der Waals surface area contributed by atoms with Crippen molar-refractivity contribution in [3.8, 4) is 11.8 Å². The van der Waals surface area contributed by atoms with Crippen LogP contribution in [-0.2, 0) is 13.6 Å². The van der Waals surface area contributed by atoms with Crippen molar-refractivity contribution in [1.82, 2.24) is 24.6 Å². The molecular formula is C20H22N6O2. The molecule has 1 aliphatic heterocycles. The Labute approximate surface area is 163 Å². The average Bonchev–Trinajstić information content (AvgIpc) is 2.72. The molecule has 1 aliphatic rings. The van der Waals surface area contributed by atoms with E-state index in [1.807, 2.05) is 18.2 Å². The van der Waals surface area contributed by atoms with Gasteiger partial charge in [0.15, 0.2) is 0 Å². The van der Waals surface area contributed by atoms with Crippen molar-refractivity contribution in [3.63, 3.8) is 0 Å². The number of piperazine rings is 1. The molecule has 2 aromatic heterocycles. The molecule has 144 valence electrons. The van der Waals surface area contributed by atoms with Crippen LogP contribution in [0.1, 0.15) is 5.56 Å². The van der Waals surface area contributed by atoms with E-state index in [1.165, 1.54) is 10.2 Å². The molecule has 4 rings (SSSR count). The third-order valence-corrected chi connectivity index (χ3v) is 4.75. The molecule has 0 unspecified atom stereocenters. The van der Waals surface area contributed by atoms with Crippen LogP contribution in [0.25, 0.3) is 0 Å². The van der Waals surface area contributed by atoms with Crippen LogP contribution in [0.3, 0.4) is 0 Å². The Hall–Kier alpha value is -3.26. The largest absolute Gasteiger partial charge is 0.424 e. The molecule has 1 fully saturated rings. The maximum atomic E-state index is 11.8. The van der Waals surface area contributed by atoms with Gasteiger partial charge < -0.3 is 9.64 Å². The summed E-state index contributed by atoms with van der Waals surface area (Å²) in [5.74, 6) is 0.730. The molecule has 3 heterocycles. The molecule has 0 atom stereocenters. The van der Waals surface area contributed by atoms with Crippen molar-refractivity contribution < 1.29 is 4.74 Å². The molecule has 8 nitrogen and oxygen atoms in total. The minimum absolute atomic E-state index is 0.0841. The molecule has 0 aliphatic carbocycles. The zero-order valence-electron chi connectivity index (χ0n) is 15.7. The third-order valence-electron chi connectivity index (χ3n) is 4.75. The average molecular weight is 378 g/mol. The number of aromatic nitrogens is 4. The summed E-state index contributed by atoms with van der Waals surface area (Å²) < 4.78 is 7.06. The zero-order chi connectivity index (χ0) is 19.3. The second kappa shape index (κ2) is 8.18. The number of benzene rings is 1. The Bertz CT molecular complexity index is 983. The van der Waals surface area contributed by atoms with Gasteiger partial charge in [-0.3, -0.25) is 9.69 Å². The number of ether oxygens (including phenoxy) is 1. The Morgan fingerprint density at radius 1 is 1.04 bits per heavy atom. The van der Waals surface area contributed by atoms with Gasteiger partial charge in [-0.2, -0.15) is 5.10 Å². The molecule has 0 radical (unpaired) electrons. The van der Waals surface area contributed by atoms with Gasteiger partial charge >= 0.3 is 6.01 Å². The zero-order valence-corrected chi connectivity index (χ0v) is 15.7. The molecule has 0 N–H and O–H groups in total. The first-order valence-electron chi connectivity index (χ1n) is 9.22. The number of hydrogen-bond donors (Lipinski definition) is 0. The predicted molar refractivity (Wildman–Crippen MR) is 106 cm³/mol. The second-order valence-electron chi connectivity index (χ2n) is 6.72. The minimum atomic E-state index is -0.0841. The van der Waals surface area contributed by atoms with E-state index in [1.54, 1.807) is 37.8 Å². The number of aryl methyl sites for hydroxylation is 1.